The highest BCUT2D eigenvalue weighted by molar-refractivity contribution is 6.58. The van der Waals surface area contributed by atoms with Crippen LogP contribution >= 0.6 is 11.6 Å². The van der Waals surface area contributed by atoms with Gasteiger partial charge in [-0.05, 0) is 85.3 Å². The third-order valence-corrected chi connectivity index (χ3v) is 10.7. The van der Waals surface area contributed by atoms with Crippen molar-refractivity contribution in [3.63, 3.8) is 0 Å². The van der Waals surface area contributed by atoms with Crippen molar-refractivity contribution in [2.24, 2.45) is 0 Å². The second-order valence-electron chi connectivity index (χ2n) is 14.1. The standard InChI is InChI=1S/C39H47BClF2N3O7/c1-24-19-25(2)45-33(24)22-30-11-10-29(46(30)40(45,42)43)12-16-35(48)44-17-5-3-4-6-18-52-31-13-7-26(8-14-31)20-28-21-27(9-15-32(28)41)39-38(51)37(50)36(49)34(23-47)53-39/h7-11,13-15,19,21-22,34,36-39,47,49-51H,3-6,12,16-18,20,23H2,1-2H3,(H,44,48)/t34-,36-,37+,38-,39+/m1/s1. The van der Waals surface area contributed by atoms with Crippen LogP contribution in [0.25, 0.3) is 6.08 Å². The van der Waals surface area contributed by atoms with Crippen molar-refractivity contribution in [1.82, 2.24) is 9.79 Å². The van der Waals surface area contributed by atoms with Crippen molar-refractivity contribution < 1.29 is 47.8 Å². The Hall–Kier alpha value is -3.85. The molecule has 2 aromatic carbocycles. The predicted octanol–water partition coefficient (Wildman–Crippen LogP) is 5.00. The fourth-order valence-electron chi connectivity index (χ4n) is 7.43. The summed E-state index contributed by atoms with van der Waals surface area (Å²) in [6.07, 6.45) is 3.36. The smallest absolute Gasteiger partial charge is 0.494 e. The lowest BCUT2D eigenvalue weighted by atomic mass is 9.90. The lowest BCUT2D eigenvalue weighted by molar-refractivity contribution is -0.362. The van der Waals surface area contributed by atoms with Crippen molar-refractivity contribution in [3.8, 4) is 5.75 Å². The van der Waals surface area contributed by atoms with Gasteiger partial charge in [0, 0.05) is 48.3 Å². The third-order valence-electron chi connectivity index (χ3n) is 10.3. The Morgan fingerprint density at radius 2 is 1.75 bits per heavy atom. The van der Waals surface area contributed by atoms with Crippen LogP contribution in [0.1, 0.15) is 78.3 Å². The van der Waals surface area contributed by atoms with Crippen LogP contribution in [0.3, 0.4) is 0 Å². The zero-order valence-electron chi connectivity index (χ0n) is 29.9. The van der Waals surface area contributed by atoms with Crippen molar-refractivity contribution in [2.45, 2.75) is 89.3 Å². The van der Waals surface area contributed by atoms with E-state index in [1.54, 1.807) is 49.4 Å². The van der Waals surface area contributed by atoms with E-state index in [1.807, 2.05) is 31.2 Å². The Morgan fingerprint density at radius 3 is 2.51 bits per heavy atom. The molecule has 0 unspecified atom stereocenters. The number of aromatic nitrogens is 1. The molecule has 0 radical (unpaired) electrons. The van der Waals surface area contributed by atoms with E-state index in [1.165, 1.54) is 0 Å². The van der Waals surface area contributed by atoms with Gasteiger partial charge in [-0.2, -0.15) is 0 Å². The monoisotopic (exact) mass is 753 g/mol. The zero-order valence-corrected chi connectivity index (χ0v) is 30.7. The van der Waals surface area contributed by atoms with Crippen LogP contribution in [-0.2, 0) is 16.0 Å². The van der Waals surface area contributed by atoms with Gasteiger partial charge >= 0.3 is 6.97 Å². The number of nitrogens with zero attached hydrogens (tertiary/aromatic N) is 2. The Kier molecular flexibility index (Phi) is 12.2. The van der Waals surface area contributed by atoms with Crippen molar-refractivity contribution >= 4 is 36.3 Å². The molecule has 3 aliphatic heterocycles. The lowest BCUT2D eigenvalue weighted by Gasteiger charge is -2.40. The molecule has 10 nitrogen and oxygen atoms in total. The fourth-order valence-corrected chi connectivity index (χ4v) is 7.62. The summed E-state index contributed by atoms with van der Waals surface area (Å²) in [5.41, 5.74) is 5.13. The van der Waals surface area contributed by atoms with E-state index in [0.29, 0.717) is 53.0 Å². The molecule has 5 N–H and O–H groups in total. The van der Waals surface area contributed by atoms with Gasteiger partial charge in [0.15, 0.2) is 5.70 Å². The molecule has 0 saturated carbocycles. The SMILES string of the molecule is Cc1cc(C)n2c1C=C1C=CC(CCC(=O)NCCCCCCOc3ccc(Cc4cc([C@@H]5O[C@H](CO)[C@@H](O)[C@H](O)[C@H]5O)ccc4Cl)cc3)=[N+]1[B-]2(F)F. The average Bonchev–Trinajstić information content (AvgIpc) is 3.69. The van der Waals surface area contributed by atoms with Crippen LogP contribution in [-0.4, -0.2) is 92.2 Å². The molecule has 4 heterocycles. The predicted molar refractivity (Wildman–Crippen MR) is 199 cm³/mol. The summed E-state index contributed by atoms with van der Waals surface area (Å²) in [5.74, 6) is 0.586. The number of carbonyl (C=O) groups is 1. The summed E-state index contributed by atoms with van der Waals surface area (Å²) in [4.78, 5) is 12.5. The van der Waals surface area contributed by atoms with E-state index >= 15 is 8.63 Å². The minimum Gasteiger partial charge on any atom is -0.494 e. The molecule has 3 aliphatic rings. The normalized spacial score (nSPS) is 23.1. The van der Waals surface area contributed by atoms with Crippen LogP contribution < -0.4 is 10.1 Å². The summed E-state index contributed by atoms with van der Waals surface area (Å²) in [6, 6.07) is 14.6. The molecule has 5 atom stereocenters. The second-order valence-corrected chi connectivity index (χ2v) is 14.5. The molecular formula is C39H47BClF2N3O7. The number of unbranched alkanes of at least 4 members (excludes halogenated alkanes) is 3. The molecule has 6 rings (SSSR count). The van der Waals surface area contributed by atoms with Gasteiger partial charge in [0.2, 0.25) is 5.91 Å². The fraction of sp³-hybridized carbons (Fsp3) is 0.436. The summed E-state index contributed by atoms with van der Waals surface area (Å²) in [5, 5.41) is 43.8. The van der Waals surface area contributed by atoms with Crippen molar-refractivity contribution in [2.75, 3.05) is 19.8 Å². The number of aliphatic hydroxyl groups excluding tert-OH is 4. The van der Waals surface area contributed by atoms with Gasteiger partial charge in [-0.15, -0.1) is 0 Å². The van der Waals surface area contributed by atoms with Gasteiger partial charge in [-0.1, -0.05) is 48.7 Å². The third kappa shape index (κ3) is 8.45. The molecule has 1 aromatic heterocycles. The molecule has 3 aromatic rings. The highest BCUT2D eigenvalue weighted by atomic mass is 35.5. The molecule has 0 aliphatic carbocycles. The first-order chi connectivity index (χ1) is 25.4. The lowest BCUT2D eigenvalue weighted by Crippen LogP contribution is -2.55. The van der Waals surface area contributed by atoms with Crippen LogP contribution in [0.15, 0.2) is 66.4 Å². The van der Waals surface area contributed by atoms with E-state index in [-0.39, 0.29) is 18.7 Å². The Bertz CT molecular complexity index is 1900. The van der Waals surface area contributed by atoms with Crippen LogP contribution in [0.4, 0.5) is 8.63 Å². The summed E-state index contributed by atoms with van der Waals surface area (Å²) < 4.78 is 45.0. The first kappa shape index (κ1) is 38.9. The zero-order chi connectivity index (χ0) is 37.9. The largest absolute Gasteiger partial charge is 0.737 e. The number of halogens is 3. The van der Waals surface area contributed by atoms with Crippen LogP contribution in [0.2, 0.25) is 5.02 Å². The summed E-state index contributed by atoms with van der Waals surface area (Å²) in [6.45, 7) is 0.0749. The Balaban J connectivity index is 0.880. The van der Waals surface area contributed by atoms with E-state index in [9.17, 15) is 25.2 Å². The highest BCUT2D eigenvalue weighted by Gasteiger charge is 2.52. The molecular weight excluding hydrogens is 707 g/mol. The number of benzene rings is 2. The first-order valence-corrected chi connectivity index (χ1v) is 18.6. The minimum atomic E-state index is -4.03. The maximum atomic E-state index is 15.6. The summed E-state index contributed by atoms with van der Waals surface area (Å²) in [7, 11) is 0. The van der Waals surface area contributed by atoms with Crippen LogP contribution in [0, 0.1) is 13.8 Å². The number of rotatable bonds is 15. The molecule has 53 heavy (non-hydrogen) atoms. The number of amides is 1. The second kappa shape index (κ2) is 16.7. The molecule has 1 amide bonds. The van der Waals surface area contributed by atoms with Crippen molar-refractivity contribution in [3.05, 3.63) is 105 Å². The first-order valence-electron chi connectivity index (χ1n) is 18.2. The molecule has 0 spiro atoms. The number of ether oxygens (including phenoxy) is 2. The van der Waals surface area contributed by atoms with Gasteiger partial charge in [0.05, 0.1) is 13.2 Å². The number of carbonyl (C=O) groups excluding carboxylic acids is 1. The van der Waals surface area contributed by atoms with E-state index in [0.717, 1.165) is 57.1 Å². The van der Waals surface area contributed by atoms with E-state index in [4.69, 9.17) is 21.1 Å². The average molecular weight is 754 g/mol. The maximum Gasteiger partial charge on any atom is 0.737 e. The highest BCUT2D eigenvalue weighted by Crippen LogP contribution is 2.36. The Labute approximate surface area is 313 Å². The maximum absolute atomic E-state index is 15.6. The quantitative estimate of drug-likeness (QED) is 0.109. The number of aliphatic hydroxyl groups is 4. The minimum absolute atomic E-state index is 0.139. The van der Waals surface area contributed by atoms with Crippen molar-refractivity contribution in [1.29, 1.82) is 0 Å². The molecule has 0 bridgehead atoms. The number of allylic oxidation sites excluding steroid dienone is 2. The van der Waals surface area contributed by atoms with Gasteiger partial charge in [0.25, 0.3) is 0 Å². The molecule has 14 heteroatoms. The van der Waals surface area contributed by atoms with Crippen LogP contribution in [0.5, 0.6) is 5.75 Å². The molecule has 284 valence electrons. The van der Waals surface area contributed by atoms with Gasteiger partial charge in [0.1, 0.15) is 42.0 Å². The number of hydrogen-bond acceptors (Lipinski definition) is 7. The summed E-state index contributed by atoms with van der Waals surface area (Å²) >= 11 is 6.48. The number of aryl methyl sites for hydroxylation is 2. The van der Waals surface area contributed by atoms with Gasteiger partial charge in [-0.25, -0.2) is 0 Å². The van der Waals surface area contributed by atoms with E-state index < -0.39 is 44.1 Å². The molecule has 1 fully saturated rings. The topological polar surface area (TPSA) is 136 Å². The number of nitrogens with one attached hydrogen (secondary N) is 1. The molecule has 1 saturated heterocycles. The number of fused-ring (bicyclic) bond motifs is 2. The van der Waals surface area contributed by atoms with E-state index in [2.05, 4.69) is 5.32 Å². The Morgan fingerprint density at radius 1 is 1.00 bits per heavy atom. The number of hydrogen-bond donors (Lipinski definition) is 5. The van der Waals surface area contributed by atoms with Gasteiger partial charge < -0.3 is 52.8 Å². The van der Waals surface area contributed by atoms with Gasteiger partial charge in [-0.3, -0.25) is 4.79 Å².